The second-order valence-electron chi connectivity index (χ2n) is 5.19. The average Bonchev–Trinajstić information content (AvgIpc) is 2.85. The molecule has 1 aliphatic heterocycles. The third-order valence-corrected chi connectivity index (χ3v) is 4.62. The lowest BCUT2D eigenvalue weighted by Crippen LogP contribution is -2.27. The van der Waals surface area contributed by atoms with Crippen molar-refractivity contribution in [1.29, 1.82) is 0 Å². The molecule has 1 fully saturated rings. The van der Waals surface area contributed by atoms with Crippen LogP contribution in [0, 0.1) is 5.92 Å². The Morgan fingerprint density at radius 3 is 2.78 bits per heavy atom. The number of rotatable bonds is 6. The van der Waals surface area contributed by atoms with Crippen LogP contribution in [-0.2, 0) is 0 Å². The first-order valence-corrected chi connectivity index (χ1v) is 7.89. The smallest absolute Gasteiger partial charge is 0.0434 e. The summed E-state index contributed by atoms with van der Waals surface area (Å²) in [6.45, 7) is 3.79. The van der Waals surface area contributed by atoms with E-state index in [1.807, 2.05) is 0 Å². The molecule has 2 unspecified atom stereocenters. The molecule has 2 nitrogen and oxygen atoms in total. The van der Waals surface area contributed by atoms with Crippen molar-refractivity contribution in [3.05, 3.63) is 35.9 Å². The van der Waals surface area contributed by atoms with Crippen molar-refractivity contribution >= 4 is 15.9 Å². The van der Waals surface area contributed by atoms with Gasteiger partial charge in [0, 0.05) is 30.9 Å². The molecular weight excluding hydrogens is 290 g/mol. The van der Waals surface area contributed by atoms with E-state index in [9.17, 15) is 0 Å². The van der Waals surface area contributed by atoms with E-state index in [0.717, 1.165) is 24.8 Å². The summed E-state index contributed by atoms with van der Waals surface area (Å²) in [6.07, 6.45) is 2.20. The average molecular weight is 312 g/mol. The van der Waals surface area contributed by atoms with Gasteiger partial charge in [-0.3, -0.25) is 0 Å². The molecule has 0 bridgehead atoms. The van der Waals surface area contributed by atoms with E-state index < -0.39 is 0 Å². The SMILES string of the molecule is OCCC1CCN(CC(CBr)c2ccccc2)C1. The summed E-state index contributed by atoms with van der Waals surface area (Å²) in [5.41, 5.74) is 1.42. The molecule has 2 atom stereocenters. The Bertz CT molecular complexity index is 344. The van der Waals surface area contributed by atoms with E-state index in [1.165, 1.54) is 18.5 Å². The van der Waals surface area contributed by atoms with Crippen LogP contribution in [0.2, 0.25) is 0 Å². The highest BCUT2D eigenvalue weighted by molar-refractivity contribution is 9.09. The fourth-order valence-electron chi connectivity index (χ4n) is 2.78. The third-order valence-electron chi connectivity index (χ3n) is 3.84. The van der Waals surface area contributed by atoms with Crippen LogP contribution in [0.4, 0.5) is 0 Å². The first-order valence-electron chi connectivity index (χ1n) is 6.77. The Balaban J connectivity index is 1.88. The number of aliphatic hydroxyl groups excluding tert-OH is 1. The molecule has 1 N–H and O–H groups in total. The Morgan fingerprint density at radius 2 is 2.11 bits per heavy atom. The number of likely N-dealkylation sites (tertiary alicyclic amines) is 1. The van der Waals surface area contributed by atoms with Crippen molar-refractivity contribution in [3.8, 4) is 0 Å². The second kappa shape index (κ2) is 7.27. The molecule has 18 heavy (non-hydrogen) atoms. The zero-order chi connectivity index (χ0) is 12.8. The third kappa shape index (κ3) is 3.81. The van der Waals surface area contributed by atoms with Crippen LogP contribution in [0.15, 0.2) is 30.3 Å². The molecule has 1 heterocycles. The van der Waals surface area contributed by atoms with Gasteiger partial charge in [-0.25, -0.2) is 0 Å². The molecule has 2 rings (SSSR count). The summed E-state index contributed by atoms with van der Waals surface area (Å²) in [6, 6.07) is 10.7. The standard InChI is InChI=1S/C15H22BrNO/c16-10-15(14-4-2-1-3-5-14)12-17-8-6-13(11-17)7-9-18/h1-5,13,15,18H,6-12H2. The van der Waals surface area contributed by atoms with E-state index >= 15 is 0 Å². The van der Waals surface area contributed by atoms with Crippen LogP contribution in [0.25, 0.3) is 0 Å². The topological polar surface area (TPSA) is 23.5 Å². The van der Waals surface area contributed by atoms with Crippen molar-refractivity contribution in [2.75, 3.05) is 31.6 Å². The predicted molar refractivity (Wildman–Crippen MR) is 79.2 cm³/mol. The lowest BCUT2D eigenvalue weighted by atomic mass is 10.0. The normalized spacial score (nSPS) is 22.2. The van der Waals surface area contributed by atoms with Gasteiger partial charge in [-0.15, -0.1) is 0 Å². The second-order valence-corrected chi connectivity index (χ2v) is 5.84. The van der Waals surface area contributed by atoms with Gasteiger partial charge < -0.3 is 10.0 Å². The van der Waals surface area contributed by atoms with Crippen LogP contribution < -0.4 is 0 Å². The first-order chi connectivity index (χ1) is 8.83. The molecule has 1 saturated heterocycles. The van der Waals surface area contributed by atoms with Gasteiger partial charge in [0.1, 0.15) is 0 Å². The van der Waals surface area contributed by atoms with E-state index in [-0.39, 0.29) is 0 Å². The number of halogens is 1. The predicted octanol–water partition coefficient (Wildman–Crippen LogP) is 2.87. The Kier molecular flexibility index (Phi) is 5.67. The number of benzene rings is 1. The van der Waals surface area contributed by atoms with Gasteiger partial charge in [0.05, 0.1) is 0 Å². The molecule has 0 saturated carbocycles. The highest BCUT2D eigenvalue weighted by Gasteiger charge is 2.24. The monoisotopic (exact) mass is 311 g/mol. The Labute approximate surface area is 118 Å². The van der Waals surface area contributed by atoms with Crippen molar-refractivity contribution in [2.24, 2.45) is 5.92 Å². The first kappa shape index (κ1) is 14.0. The summed E-state index contributed by atoms with van der Waals surface area (Å²) >= 11 is 3.64. The van der Waals surface area contributed by atoms with Crippen molar-refractivity contribution < 1.29 is 5.11 Å². The van der Waals surface area contributed by atoms with Crippen molar-refractivity contribution in [1.82, 2.24) is 4.90 Å². The molecule has 3 heteroatoms. The molecule has 0 aliphatic carbocycles. The van der Waals surface area contributed by atoms with Gasteiger partial charge in [0.25, 0.3) is 0 Å². The van der Waals surface area contributed by atoms with E-state index in [4.69, 9.17) is 5.11 Å². The number of aliphatic hydroxyl groups is 1. The molecule has 0 amide bonds. The number of alkyl halides is 1. The number of hydrogen-bond donors (Lipinski definition) is 1. The quantitative estimate of drug-likeness (QED) is 0.817. The van der Waals surface area contributed by atoms with E-state index in [1.54, 1.807) is 0 Å². The highest BCUT2D eigenvalue weighted by Crippen LogP contribution is 2.24. The lowest BCUT2D eigenvalue weighted by molar-refractivity contribution is 0.249. The van der Waals surface area contributed by atoms with Gasteiger partial charge in [0.15, 0.2) is 0 Å². The minimum atomic E-state index is 0.332. The Hall–Kier alpha value is -0.380. The number of nitrogens with zero attached hydrogens (tertiary/aromatic N) is 1. The molecule has 0 spiro atoms. The van der Waals surface area contributed by atoms with Gasteiger partial charge in [0.2, 0.25) is 0 Å². The van der Waals surface area contributed by atoms with E-state index in [2.05, 4.69) is 51.2 Å². The molecule has 100 valence electrons. The van der Waals surface area contributed by atoms with E-state index in [0.29, 0.717) is 18.4 Å². The fraction of sp³-hybridized carbons (Fsp3) is 0.600. The molecule has 1 aliphatic rings. The van der Waals surface area contributed by atoms with Gasteiger partial charge in [-0.1, -0.05) is 46.3 Å². The zero-order valence-electron chi connectivity index (χ0n) is 10.8. The maximum atomic E-state index is 8.99. The molecular formula is C15H22BrNO. The van der Waals surface area contributed by atoms with Crippen LogP contribution in [0.5, 0.6) is 0 Å². The molecule has 1 aromatic carbocycles. The van der Waals surface area contributed by atoms with Gasteiger partial charge >= 0.3 is 0 Å². The molecule has 0 radical (unpaired) electrons. The van der Waals surface area contributed by atoms with Gasteiger partial charge in [-0.2, -0.15) is 0 Å². The summed E-state index contributed by atoms with van der Waals surface area (Å²) in [5, 5.41) is 10.0. The van der Waals surface area contributed by atoms with Gasteiger partial charge in [-0.05, 0) is 30.9 Å². The lowest BCUT2D eigenvalue weighted by Gasteiger charge is -2.22. The minimum Gasteiger partial charge on any atom is -0.396 e. The summed E-state index contributed by atoms with van der Waals surface area (Å²) in [4.78, 5) is 2.54. The summed E-state index contributed by atoms with van der Waals surface area (Å²) < 4.78 is 0. The molecule has 0 aromatic heterocycles. The number of hydrogen-bond acceptors (Lipinski definition) is 2. The van der Waals surface area contributed by atoms with Crippen molar-refractivity contribution in [3.63, 3.8) is 0 Å². The van der Waals surface area contributed by atoms with Crippen LogP contribution in [0.3, 0.4) is 0 Å². The highest BCUT2D eigenvalue weighted by atomic mass is 79.9. The Morgan fingerprint density at radius 1 is 1.33 bits per heavy atom. The van der Waals surface area contributed by atoms with Crippen LogP contribution >= 0.6 is 15.9 Å². The van der Waals surface area contributed by atoms with Crippen molar-refractivity contribution in [2.45, 2.75) is 18.8 Å². The summed E-state index contributed by atoms with van der Waals surface area (Å²) in [5.74, 6) is 1.26. The van der Waals surface area contributed by atoms with Crippen LogP contribution in [-0.4, -0.2) is 41.6 Å². The fourth-order valence-corrected chi connectivity index (χ4v) is 3.36. The maximum Gasteiger partial charge on any atom is 0.0434 e. The largest absolute Gasteiger partial charge is 0.396 e. The minimum absolute atomic E-state index is 0.332. The zero-order valence-corrected chi connectivity index (χ0v) is 12.3. The summed E-state index contributed by atoms with van der Waals surface area (Å²) in [7, 11) is 0. The maximum absolute atomic E-state index is 8.99. The van der Waals surface area contributed by atoms with Crippen LogP contribution in [0.1, 0.15) is 24.3 Å². The molecule has 1 aromatic rings.